The molecule has 47 nitrogen and oxygen atoms in total. The number of aromatic nitrogens is 8. The Morgan fingerprint density at radius 3 is 0.941 bits per heavy atom. The number of benzene rings is 4. The molecule has 1 atom stereocenters. The number of unbranched alkanes of at least 4 members (excludes halogenated alkanes) is 4. The molecule has 0 spiro atoms. The summed E-state index contributed by atoms with van der Waals surface area (Å²) in [5, 5.41) is 27.1. The molecule has 42 N–H and O–H groups in total. The van der Waals surface area contributed by atoms with E-state index < -0.39 is 29.7 Å². The zero-order valence-electron chi connectivity index (χ0n) is 73.5. The number of nitrogens with one attached hydrogen (secondary N) is 7. The van der Waals surface area contributed by atoms with Gasteiger partial charge in [-0.2, -0.15) is 0 Å². The number of carbonyl (C=O) groups is 7. The SMILES string of the molecule is CCCC(=O)Nc1ccc(CCCCN=C(N)NC(=O)c2nc(Cl)c(N)nc2N)cc1.Cl.Cl.Cl.Cl.Cl.Cl.NC(N)=NCC(O)COc1ccc(CCCCN=C(N)NC(=O)c2nc(Cl)c(N)nc2N)cc1.NC(N)=NCCNC(=O)c1ccc(CCCCN=C(N)NC(=O)c2nc(Cl)c(N)nc2N)cc1.NCCNC(=O)c1ccc(CCCCN=C(N)NC(=O)c2nc(Cl)c(N)nc2N)cc1. The van der Waals surface area contributed by atoms with Crippen LogP contribution >= 0.6 is 121 Å². The number of hydrogen-bond donors (Lipinski definition) is 25. The van der Waals surface area contributed by atoms with Gasteiger partial charge in [-0.15, -0.1) is 74.4 Å². The molecular weight excluding hydrogens is 1980 g/mol. The molecule has 0 saturated carbocycles. The molecule has 4 aromatic heterocycles. The summed E-state index contributed by atoms with van der Waals surface area (Å²) in [6.45, 7) is 5.34. The zero-order chi connectivity index (χ0) is 95.8. The van der Waals surface area contributed by atoms with Crippen molar-refractivity contribution in [2.24, 2.45) is 81.6 Å². The molecule has 7 amide bonds. The van der Waals surface area contributed by atoms with Crippen LogP contribution in [0.3, 0.4) is 0 Å². The number of nitrogens with two attached hydrogens (primary N) is 17. The molecule has 4 aromatic carbocycles. The number of nitrogens with zero attached hydrogens (tertiary/aromatic N) is 14. The summed E-state index contributed by atoms with van der Waals surface area (Å²) in [5.74, 6) is -3.65. The molecule has 0 aliphatic carbocycles. The molecule has 0 aliphatic heterocycles. The lowest BCUT2D eigenvalue weighted by atomic mass is 10.1. The third-order valence-corrected chi connectivity index (χ3v) is 18.3. The predicted octanol–water partition coefficient (Wildman–Crippen LogP) is 3.42. The van der Waals surface area contributed by atoms with Crippen LogP contribution in [0.4, 0.5) is 52.2 Å². The Kier molecular flexibility index (Phi) is 61.7. The number of aliphatic hydroxyl groups excluding tert-OH is 1. The van der Waals surface area contributed by atoms with E-state index in [0.29, 0.717) is 75.7 Å². The summed E-state index contributed by atoms with van der Waals surface area (Å²) in [4.78, 5) is 138. The van der Waals surface area contributed by atoms with Crippen LogP contribution in [0.1, 0.15) is 156 Å². The molecule has 0 bridgehead atoms. The number of aryl methyl sites for hydroxylation is 4. The van der Waals surface area contributed by atoms with Gasteiger partial charge in [-0.05, 0) is 154 Å². The van der Waals surface area contributed by atoms with Gasteiger partial charge in [-0.1, -0.05) is 102 Å². The highest BCUT2D eigenvalue weighted by molar-refractivity contribution is 6.33. The minimum atomic E-state index is -0.797. The number of halogens is 10. The van der Waals surface area contributed by atoms with Crippen LogP contribution in [-0.2, 0) is 30.5 Å². The van der Waals surface area contributed by atoms with Crippen LogP contribution in [0.15, 0.2) is 127 Å². The molecule has 57 heteroatoms. The normalized spacial score (nSPS) is 10.9. The fraction of sp³-hybridized carbons (Fsp3) is 0.329. The number of aliphatic hydroxyl groups is 1. The van der Waals surface area contributed by atoms with Crippen LogP contribution < -0.4 is 139 Å². The Hall–Kier alpha value is -13.1. The summed E-state index contributed by atoms with van der Waals surface area (Å²) >= 11 is 23.1. The molecule has 8 rings (SSSR count). The molecule has 4 heterocycles. The highest BCUT2D eigenvalue weighted by Gasteiger charge is 2.22. The Morgan fingerprint density at radius 2 is 0.654 bits per heavy atom. The van der Waals surface area contributed by atoms with Gasteiger partial charge in [-0.25, -0.2) is 39.9 Å². The first-order valence-electron chi connectivity index (χ1n) is 40.1. The van der Waals surface area contributed by atoms with Crippen molar-refractivity contribution >= 4 is 250 Å². The second-order valence-electron chi connectivity index (χ2n) is 27.6. The quantitative estimate of drug-likeness (QED) is 0.0149. The summed E-state index contributed by atoms with van der Waals surface area (Å²) < 4.78 is 5.51. The molecule has 0 fully saturated rings. The van der Waals surface area contributed by atoms with Gasteiger partial charge >= 0.3 is 0 Å². The molecule has 0 radical (unpaired) electrons. The first kappa shape index (κ1) is 125. The lowest BCUT2D eigenvalue weighted by Crippen LogP contribution is -2.38. The average Bonchev–Trinajstić information content (AvgIpc) is 0.842. The maximum Gasteiger partial charge on any atom is 0.280 e. The van der Waals surface area contributed by atoms with Crippen molar-refractivity contribution in [1.29, 1.82) is 0 Å². The second kappa shape index (κ2) is 67.2. The number of ether oxygens (including phenoxy) is 1. The Morgan fingerprint density at radius 1 is 0.368 bits per heavy atom. The topological polar surface area (TPSA) is 853 Å². The summed E-state index contributed by atoms with van der Waals surface area (Å²) in [6, 6.07) is 30.0. The van der Waals surface area contributed by atoms with Gasteiger partial charge in [0, 0.05) is 69.0 Å². The van der Waals surface area contributed by atoms with Crippen LogP contribution in [0.25, 0.3) is 0 Å². The number of carbonyl (C=O) groups excluding carboxylic acids is 7. The van der Waals surface area contributed by atoms with E-state index in [0.717, 1.165) is 111 Å². The van der Waals surface area contributed by atoms with Crippen molar-refractivity contribution < 1.29 is 43.4 Å². The van der Waals surface area contributed by atoms with Gasteiger partial charge in [0.05, 0.1) is 13.1 Å². The van der Waals surface area contributed by atoms with E-state index in [9.17, 15) is 38.7 Å². The average molecular weight is 2100 g/mol. The van der Waals surface area contributed by atoms with E-state index in [2.05, 4.69) is 107 Å². The van der Waals surface area contributed by atoms with Gasteiger partial charge in [0.25, 0.3) is 35.4 Å². The Balaban J connectivity index is 0. The number of aliphatic imine (C=N–C) groups is 6. The lowest BCUT2D eigenvalue weighted by molar-refractivity contribution is -0.116. The van der Waals surface area contributed by atoms with Gasteiger partial charge in [-0.3, -0.25) is 84.8 Å². The van der Waals surface area contributed by atoms with E-state index in [1.807, 2.05) is 79.7 Å². The smallest absolute Gasteiger partial charge is 0.280 e. The highest BCUT2D eigenvalue weighted by Crippen LogP contribution is 2.23. The maximum atomic E-state index is 12.2. The molecule has 1 unspecified atom stereocenters. The maximum absolute atomic E-state index is 12.2. The Bertz CT molecular complexity index is 5310. The van der Waals surface area contributed by atoms with Crippen molar-refractivity contribution in [3.63, 3.8) is 0 Å². The fourth-order valence-electron chi connectivity index (χ4n) is 10.7. The third kappa shape index (κ3) is 47.7. The van der Waals surface area contributed by atoms with Gasteiger partial charge < -0.3 is 123 Å². The molecule has 746 valence electrons. The number of amides is 7. The fourth-order valence-corrected chi connectivity index (χ4v) is 11.2. The van der Waals surface area contributed by atoms with E-state index in [-0.39, 0.29) is 231 Å². The van der Waals surface area contributed by atoms with E-state index >= 15 is 0 Å². The Labute approximate surface area is 840 Å². The van der Waals surface area contributed by atoms with E-state index in [4.69, 9.17) is 149 Å². The zero-order valence-corrected chi connectivity index (χ0v) is 81.5. The number of hydrogen-bond acceptors (Lipinski definition) is 32. The van der Waals surface area contributed by atoms with Gasteiger partial charge in [0.2, 0.25) is 5.91 Å². The third-order valence-electron chi connectivity index (χ3n) is 17.2. The van der Waals surface area contributed by atoms with Crippen molar-refractivity contribution in [2.45, 2.75) is 103 Å². The lowest BCUT2D eigenvalue weighted by Gasteiger charge is -2.11. The number of guanidine groups is 6. The van der Waals surface area contributed by atoms with Crippen LogP contribution in [0.5, 0.6) is 5.75 Å². The van der Waals surface area contributed by atoms with E-state index in [1.165, 1.54) is 0 Å². The predicted molar refractivity (Wildman–Crippen MR) is 550 cm³/mol. The van der Waals surface area contributed by atoms with Crippen LogP contribution in [0.2, 0.25) is 20.6 Å². The monoisotopic (exact) mass is 2090 g/mol. The van der Waals surface area contributed by atoms with Gasteiger partial charge in [0.15, 0.2) is 126 Å². The highest BCUT2D eigenvalue weighted by atomic mass is 35.5. The van der Waals surface area contributed by atoms with Crippen LogP contribution in [0, 0.1) is 0 Å². The van der Waals surface area contributed by atoms with Gasteiger partial charge in [0.1, 0.15) is 18.5 Å². The molecule has 0 saturated heterocycles. The minimum absolute atomic E-state index is 0. The van der Waals surface area contributed by atoms with Crippen molar-refractivity contribution in [3.05, 3.63) is 174 Å². The second-order valence-corrected chi connectivity index (χ2v) is 29.0. The van der Waals surface area contributed by atoms with Crippen LogP contribution in [-0.4, -0.2) is 194 Å². The summed E-state index contributed by atoms with van der Waals surface area (Å²) in [6.07, 6.45) is 10.3. The standard InChI is InChI=1S/C20H28ClN11O2.C20H29ClN10O3.C20H27ClN8O2.C19H26ClN9O2.6ClH/c21-14-16(23)31-15(22)13(30-14)18(34)32-20(26)29-8-2-1-3-11-4-6-12(7-5-11)17(33)27-9-10-28-19(24)25;21-15-17(23)30-16(22)14(29-15)18(33)31-20(26)27-8-2-1-3-11-4-6-13(7-5-11)34-10-12(32)9-28-19(24)25;1-2-5-14(30)26-13-9-7-12(8-10-13)6-3-4-11-25-20(24)29-19(31)15-17(22)28-18(23)16(21)27-15;20-14-16(23)28-15(22)13(27-14)18(31)29-19(24)26-9-2-1-3-11-4-6-12(7-5-11)17(30)25-10-8-21;;;;;;/h4-7H,1-3,8-10H2,(H,27,33)(H4,22,23,31)(H4,24,25,28)(H3,26,29,32,34);4-7,12,32H,1-3,8-10H2,(H4,22,23,30)(H4,24,25,28)(H3,26,27,31,33);7-10H,2-6,11H2,1H3,(H,26,30)(H4,22,23,28)(H3,24,25,29,31);4-7H,1-3,8-10,21H2,(H,25,30)(H4,22,23,28)(H3,24,26,29,31);6*1H. The molecular formula is C79H116Cl10N38O9. The first-order valence-corrected chi connectivity index (χ1v) is 41.6. The molecule has 0 aliphatic rings. The van der Waals surface area contributed by atoms with Crippen molar-refractivity contribution in [1.82, 2.24) is 71.8 Å². The first-order chi connectivity index (χ1) is 61.9. The van der Waals surface area contributed by atoms with Crippen molar-refractivity contribution in [2.75, 3.05) is 117 Å². The molecule has 136 heavy (non-hydrogen) atoms. The summed E-state index contributed by atoms with van der Waals surface area (Å²) in [7, 11) is 0. The largest absolute Gasteiger partial charge is 0.491 e. The number of nitrogen functional groups attached to an aromatic ring is 8. The molecule has 8 aromatic rings. The van der Waals surface area contributed by atoms with Crippen molar-refractivity contribution in [3.8, 4) is 5.75 Å². The minimum Gasteiger partial charge on any atom is -0.491 e. The number of anilines is 9. The van der Waals surface area contributed by atoms with E-state index in [1.54, 1.807) is 24.3 Å². The number of rotatable bonds is 39. The summed E-state index contributed by atoms with van der Waals surface area (Å²) in [5.41, 5.74) is 99.4.